The summed E-state index contributed by atoms with van der Waals surface area (Å²) in [6.07, 6.45) is 5.09. The Morgan fingerprint density at radius 2 is 2.38 bits per heavy atom. The number of hydrogen-bond donors (Lipinski definition) is 3. The molecule has 16 heavy (non-hydrogen) atoms. The highest BCUT2D eigenvalue weighted by molar-refractivity contribution is 7.98. The molecule has 2 atom stereocenters. The Morgan fingerprint density at radius 3 is 2.94 bits per heavy atom. The van der Waals surface area contributed by atoms with Crippen LogP contribution in [0.15, 0.2) is 0 Å². The Hall–Kier alpha value is -0.260. The average Bonchev–Trinajstić information content (AvgIpc) is 2.27. The molecule has 0 aromatic rings. The van der Waals surface area contributed by atoms with E-state index < -0.39 is 5.60 Å². The van der Waals surface area contributed by atoms with Gasteiger partial charge in [0.15, 0.2) is 0 Å². The van der Waals surface area contributed by atoms with Crippen molar-refractivity contribution >= 4 is 17.7 Å². The Balaban J connectivity index is 2.28. The fraction of sp³-hybridized carbons (Fsp3) is 0.909. The molecule has 1 fully saturated rings. The topological polar surface area (TPSA) is 61.4 Å². The van der Waals surface area contributed by atoms with E-state index in [9.17, 15) is 9.90 Å². The Bertz CT molecular complexity index is 228. The van der Waals surface area contributed by atoms with Gasteiger partial charge in [-0.1, -0.05) is 6.42 Å². The predicted molar refractivity (Wildman–Crippen MR) is 67.7 cm³/mol. The van der Waals surface area contributed by atoms with E-state index in [1.54, 1.807) is 18.7 Å². The van der Waals surface area contributed by atoms with Gasteiger partial charge in [0.25, 0.3) is 0 Å². The van der Waals surface area contributed by atoms with Crippen molar-refractivity contribution in [1.29, 1.82) is 0 Å². The maximum atomic E-state index is 11.8. The van der Waals surface area contributed by atoms with Gasteiger partial charge in [0.2, 0.25) is 5.91 Å². The van der Waals surface area contributed by atoms with Crippen LogP contribution in [0.4, 0.5) is 0 Å². The second kappa shape index (κ2) is 6.47. The molecule has 5 heteroatoms. The Kier molecular flexibility index (Phi) is 5.58. The average molecular weight is 246 g/mol. The number of nitrogens with one attached hydrogen (secondary N) is 2. The van der Waals surface area contributed by atoms with E-state index in [-0.39, 0.29) is 11.9 Å². The molecule has 0 bridgehead atoms. The van der Waals surface area contributed by atoms with Gasteiger partial charge < -0.3 is 15.7 Å². The van der Waals surface area contributed by atoms with Gasteiger partial charge in [-0.15, -0.1) is 0 Å². The van der Waals surface area contributed by atoms with Crippen LogP contribution in [0.5, 0.6) is 0 Å². The normalized spacial score (nSPS) is 24.8. The van der Waals surface area contributed by atoms with Crippen LogP contribution in [0.2, 0.25) is 0 Å². The molecule has 1 saturated heterocycles. The Morgan fingerprint density at radius 1 is 1.62 bits per heavy atom. The van der Waals surface area contributed by atoms with E-state index in [2.05, 4.69) is 10.6 Å². The number of hydrogen-bond acceptors (Lipinski definition) is 4. The van der Waals surface area contributed by atoms with Crippen LogP contribution in [0, 0.1) is 0 Å². The Labute approximate surface area is 102 Å². The molecule has 1 rings (SSSR count). The molecule has 4 nitrogen and oxygen atoms in total. The summed E-state index contributed by atoms with van der Waals surface area (Å²) < 4.78 is 0. The molecule has 0 aromatic heterocycles. The van der Waals surface area contributed by atoms with Crippen molar-refractivity contribution in [1.82, 2.24) is 10.6 Å². The van der Waals surface area contributed by atoms with Crippen LogP contribution >= 0.6 is 11.8 Å². The highest BCUT2D eigenvalue weighted by Gasteiger charge is 2.24. The predicted octanol–water partition coefficient (Wildman–Crippen LogP) is 0.359. The zero-order valence-electron chi connectivity index (χ0n) is 10.1. The van der Waals surface area contributed by atoms with Crippen molar-refractivity contribution < 1.29 is 9.90 Å². The molecule has 1 aliphatic rings. The first-order chi connectivity index (χ1) is 7.55. The SMILES string of the molecule is CSCC(C)(O)CNC(=O)[C@H]1CCCCN1. The first-order valence-electron chi connectivity index (χ1n) is 5.77. The molecule has 1 aliphatic heterocycles. The maximum absolute atomic E-state index is 11.8. The minimum atomic E-state index is -0.816. The monoisotopic (exact) mass is 246 g/mol. The van der Waals surface area contributed by atoms with Gasteiger partial charge in [-0.2, -0.15) is 11.8 Å². The number of rotatable bonds is 5. The quantitative estimate of drug-likeness (QED) is 0.655. The van der Waals surface area contributed by atoms with E-state index in [1.165, 1.54) is 0 Å². The molecule has 0 spiro atoms. The molecule has 0 radical (unpaired) electrons. The highest BCUT2D eigenvalue weighted by atomic mass is 32.2. The summed E-state index contributed by atoms with van der Waals surface area (Å²) in [5, 5.41) is 15.9. The summed E-state index contributed by atoms with van der Waals surface area (Å²) in [5.74, 6) is 0.645. The molecule has 94 valence electrons. The lowest BCUT2D eigenvalue weighted by Crippen LogP contribution is -2.51. The highest BCUT2D eigenvalue weighted by Crippen LogP contribution is 2.10. The van der Waals surface area contributed by atoms with Gasteiger partial charge in [0.05, 0.1) is 11.6 Å². The lowest BCUT2D eigenvalue weighted by molar-refractivity contribution is -0.124. The summed E-state index contributed by atoms with van der Waals surface area (Å²) in [5.41, 5.74) is -0.816. The van der Waals surface area contributed by atoms with E-state index in [0.29, 0.717) is 12.3 Å². The van der Waals surface area contributed by atoms with Gasteiger partial charge >= 0.3 is 0 Å². The molecule has 1 amide bonds. The molecule has 1 heterocycles. The van der Waals surface area contributed by atoms with Crippen LogP contribution in [-0.4, -0.2) is 47.8 Å². The van der Waals surface area contributed by atoms with Gasteiger partial charge in [0.1, 0.15) is 0 Å². The van der Waals surface area contributed by atoms with Crippen molar-refractivity contribution in [2.45, 2.75) is 37.8 Å². The fourth-order valence-corrected chi connectivity index (χ4v) is 2.56. The van der Waals surface area contributed by atoms with Crippen LogP contribution in [0.25, 0.3) is 0 Å². The second-order valence-electron chi connectivity index (χ2n) is 4.65. The van der Waals surface area contributed by atoms with E-state index in [1.807, 2.05) is 6.26 Å². The van der Waals surface area contributed by atoms with Crippen LogP contribution in [-0.2, 0) is 4.79 Å². The first kappa shape index (κ1) is 13.8. The lowest BCUT2D eigenvalue weighted by Gasteiger charge is -2.26. The van der Waals surface area contributed by atoms with Crippen LogP contribution in [0.3, 0.4) is 0 Å². The number of aliphatic hydroxyl groups is 1. The lowest BCUT2D eigenvalue weighted by atomic mass is 10.0. The number of piperidine rings is 1. The second-order valence-corrected chi connectivity index (χ2v) is 5.52. The number of carbonyl (C=O) groups is 1. The summed E-state index contributed by atoms with van der Waals surface area (Å²) >= 11 is 1.58. The van der Waals surface area contributed by atoms with E-state index >= 15 is 0 Å². The van der Waals surface area contributed by atoms with Crippen LogP contribution < -0.4 is 10.6 Å². The largest absolute Gasteiger partial charge is 0.387 e. The van der Waals surface area contributed by atoms with E-state index in [4.69, 9.17) is 0 Å². The zero-order chi connectivity index (χ0) is 12.0. The zero-order valence-corrected chi connectivity index (χ0v) is 10.9. The van der Waals surface area contributed by atoms with Crippen molar-refractivity contribution in [3.05, 3.63) is 0 Å². The minimum Gasteiger partial charge on any atom is -0.387 e. The van der Waals surface area contributed by atoms with Gasteiger partial charge in [0, 0.05) is 12.3 Å². The fourth-order valence-electron chi connectivity index (χ4n) is 1.84. The standard InChI is InChI=1S/C11H22N2O2S/c1-11(15,8-16-2)7-13-10(14)9-5-3-4-6-12-9/h9,12,15H,3-8H2,1-2H3,(H,13,14)/t9-,11?/m1/s1. The van der Waals surface area contributed by atoms with Gasteiger partial charge in [-0.3, -0.25) is 4.79 Å². The third kappa shape index (κ3) is 4.72. The molecule has 0 saturated carbocycles. The smallest absolute Gasteiger partial charge is 0.237 e. The molecule has 0 aliphatic carbocycles. The van der Waals surface area contributed by atoms with E-state index in [0.717, 1.165) is 25.8 Å². The third-order valence-corrected chi connectivity index (χ3v) is 3.64. The summed E-state index contributed by atoms with van der Waals surface area (Å²) in [6.45, 7) is 2.99. The van der Waals surface area contributed by atoms with Crippen molar-refractivity contribution in [2.75, 3.05) is 25.1 Å². The van der Waals surface area contributed by atoms with Crippen molar-refractivity contribution in [3.63, 3.8) is 0 Å². The summed E-state index contributed by atoms with van der Waals surface area (Å²) in [6, 6.07) is -0.0705. The molecule has 1 unspecified atom stereocenters. The maximum Gasteiger partial charge on any atom is 0.237 e. The van der Waals surface area contributed by atoms with Gasteiger partial charge in [-0.25, -0.2) is 0 Å². The third-order valence-electron chi connectivity index (χ3n) is 2.73. The van der Waals surface area contributed by atoms with Crippen LogP contribution in [0.1, 0.15) is 26.2 Å². The number of amides is 1. The van der Waals surface area contributed by atoms with Crippen molar-refractivity contribution in [3.8, 4) is 0 Å². The summed E-state index contributed by atoms with van der Waals surface area (Å²) in [4.78, 5) is 11.8. The number of thioether (sulfide) groups is 1. The molecular weight excluding hydrogens is 224 g/mol. The molecular formula is C11H22N2O2S. The number of carbonyl (C=O) groups excluding carboxylic acids is 1. The summed E-state index contributed by atoms with van der Waals surface area (Å²) in [7, 11) is 0. The molecule has 0 aromatic carbocycles. The van der Waals surface area contributed by atoms with Crippen molar-refractivity contribution in [2.24, 2.45) is 0 Å². The minimum absolute atomic E-state index is 0.0149. The van der Waals surface area contributed by atoms with Gasteiger partial charge in [-0.05, 0) is 32.6 Å². The molecule has 3 N–H and O–H groups in total. The first-order valence-corrected chi connectivity index (χ1v) is 7.17.